The van der Waals surface area contributed by atoms with Crippen molar-refractivity contribution in [3.05, 3.63) is 87.8 Å². The highest BCUT2D eigenvalue weighted by molar-refractivity contribution is 7.92. The first-order valence-electron chi connectivity index (χ1n) is 21.9. The quantitative estimate of drug-likeness (QED) is 0.123. The van der Waals surface area contributed by atoms with Crippen molar-refractivity contribution in [3.8, 4) is 5.75 Å². The Balaban J connectivity index is 0.877. The standard InChI is InChI=1S/C46H55ClFN9O6S/c1-27(2)63-40-23-39(29(5)20-37(40)51-46-49-24-34(47)43(53-46)50-36-8-6-7-9-41(36)64(61,62)28(3)4)56-14-12-32(13-15-56)55-18-16-54(17-19-55)25-31-21-30-26-57(45(60)33(30)22-35(31)48)38-10-11-42(58)52-44(38)59/h6-9,20-24,27-28,32,38H,10-19,25-26H2,1-5H3,(H,52,58,59)(H2,49,50,51,53). The first-order valence-corrected chi connectivity index (χ1v) is 23.9. The van der Waals surface area contributed by atoms with E-state index in [1.807, 2.05) is 19.9 Å². The topological polar surface area (TPSA) is 169 Å². The lowest BCUT2D eigenvalue weighted by Gasteiger charge is -2.43. The van der Waals surface area contributed by atoms with E-state index < -0.39 is 32.9 Å². The molecule has 1 atom stereocenters. The van der Waals surface area contributed by atoms with Crippen molar-refractivity contribution in [1.82, 2.24) is 30.0 Å². The second-order valence-corrected chi connectivity index (χ2v) is 20.4. The summed E-state index contributed by atoms with van der Waals surface area (Å²) in [4.78, 5) is 55.2. The van der Waals surface area contributed by atoms with Crippen LogP contribution in [0.2, 0.25) is 5.02 Å². The number of para-hydroxylation sites is 1. The van der Waals surface area contributed by atoms with E-state index in [0.29, 0.717) is 40.8 Å². The van der Waals surface area contributed by atoms with Gasteiger partial charge < -0.3 is 25.2 Å². The average molecular weight is 917 g/mol. The number of carbonyl (C=O) groups is 3. The number of aromatic nitrogens is 2. The Morgan fingerprint density at radius 3 is 2.38 bits per heavy atom. The van der Waals surface area contributed by atoms with Gasteiger partial charge in [-0.15, -0.1) is 0 Å². The summed E-state index contributed by atoms with van der Waals surface area (Å²) in [6, 6.07) is 13.5. The molecule has 1 aromatic heterocycles. The highest BCUT2D eigenvalue weighted by Crippen LogP contribution is 2.38. The van der Waals surface area contributed by atoms with Crippen LogP contribution in [0.3, 0.4) is 0 Å². The maximum Gasteiger partial charge on any atom is 0.255 e. The van der Waals surface area contributed by atoms with Gasteiger partial charge in [0, 0.05) is 87.7 Å². The average Bonchev–Trinajstić information content (AvgIpc) is 3.57. The molecule has 4 aromatic rings. The fourth-order valence-corrected chi connectivity index (χ4v) is 10.4. The highest BCUT2D eigenvalue weighted by Gasteiger charge is 2.40. The van der Waals surface area contributed by atoms with Gasteiger partial charge in [0.05, 0.1) is 33.8 Å². The summed E-state index contributed by atoms with van der Waals surface area (Å²) in [7, 11) is -3.59. The van der Waals surface area contributed by atoms with Crippen molar-refractivity contribution in [2.45, 2.75) is 102 Å². The number of hydrogen-bond acceptors (Lipinski definition) is 13. The molecular formula is C46H55ClFN9O6S. The predicted octanol–water partition coefficient (Wildman–Crippen LogP) is 6.58. The maximum absolute atomic E-state index is 15.4. The van der Waals surface area contributed by atoms with Crippen LogP contribution in [0.15, 0.2) is 59.6 Å². The second kappa shape index (κ2) is 18.6. The largest absolute Gasteiger partial charge is 0.489 e. The molecule has 3 fully saturated rings. The Bertz CT molecular complexity index is 2560. The smallest absolute Gasteiger partial charge is 0.255 e. The minimum absolute atomic E-state index is 0.109. The lowest BCUT2D eigenvalue weighted by molar-refractivity contribution is -0.136. The summed E-state index contributed by atoms with van der Waals surface area (Å²) in [5, 5.41) is 8.36. The first-order chi connectivity index (χ1) is 30.5. The van der Waals surface area contributed by atoms with Crippen molar-refractivity contribution < 1.29 is 31.9 Å². The number of rotatable bonds is 13. The van der Waals surface area contributed by atoms with E-state index in [4.69, 9.17) is 16.3 Å². The summed E-state index contributed by atoms with van der Waals surface area (Å²) < 4.78 is 48.0. The molecule has 340 valence electrons. The van der Waals surface area contributed by atoms with Crippen LogP contribution in [0, 0.1) is 12.7 Å². The number of imide groups is 1. The number of carbonyl (C=O) groups excluding carboxylic acids is 3. The van der Waals surface area contributed by atoms with Crippen molar-refractivity contribution in [2.24, 2.45) is 0 Å². The van der Waals surface area contributed by atoms with Gasteiger partial charge in [-0.2, -0.15) is 4.98 Å². The van der Waals surface area contributed by atoms with Crippen LogP contribution in [0.4, 0.5) is 33.2 Å². The minimum atomic E-state index is -3.59. The number of halogens is 2. The van der Waals surface area contributed by atoms with Gasteiger partial charge in [0.15, 0.2) is 15.7 Å². The fraction of sp³-hybridized carbons (Fsp3) is 0.457. The van der Waals surface area contributed by atoms with Crippen molar-refractivity contribution in [2.75, 3.05) is 54.8 Å². The Labute approximate surface area is 378 Å². The molecule has 0 spiro atoms. The molecular weight excluding hydrogens is 861 g/mol. The summed E-state index contributed by atoms with van der Waals surface area (Å²) >= 11 is 6.52. The third kappa shape index (κ3) is 9.53. The number of nitrogens with zero attached hydrogens (tertiary/aromatic N) is 6. The van der Waals surface area contributed by atoms with E-state index in [-0.39, 0.29) is 64.6 Å². The van der Waals surface area contributed by atoms with E-state index in [0.717, 1.165) is 63.4 Å². The van der Waals surface area contributed by atoms with Gasteiger partial charge in [-0.25, -0.2) is 17.8 Å². The number of anilines is 5. The molecule has 3 N–H and O–H groups in total. The molecule has 5 heterocycles. The molecule has 64 heavy (non-hydrogen) atoms. The first kappa shape index (κ1) is 45.2. The summed E-state index contributed by atoms with van der Waals surface area (Å²) in [6.45, 7) is 15.0. The van der Waals surface area contributed by atoms with Crippen LogP contribution >= 0.6 is 11.6 Å². The third-order valence-corrected chi connectivity index (χ3v) is 15.0. The summed E-state index contributed by atoms with van der Waals surface area (Å²) in [6.07, 6.45) is 3.77. The molecule has 0 aliphatic carbocycles. The number of fused-ring (bicyclic) bond motifs is 1. The van der Waals surface area contributed by atoms with Gasteiger partial charge >= 0.3 is 0 Å². The molecule has 3 saturated heterocycles. The van der Waals surface area contributed by atoms with E-state index in [2.05, 4.69) is 53.6 Å². The van der Waals surface area contributed by atoms with Crippen LogP contribution < -0.4 is 25.6 Å². The highest BCUT2D eigenvalue weighted by atomic mass is 35.5. The molecule has 8 rings (SSSR count). The summed E-state index contributed by atoms with van der Waals surface area (Å²) in [5.41, 5.74) is 4.72. The third-order valence-electron chi connectivity index (χ3n) is 12.5. The van der Waals surface area contributed by atoms with Gasteiger partial charge in [-0.1, -0.05) is 23.7 Å². The van der Waals surface area contributed by atoms with Crippen molar-refractivity contribution >= 4 is 68.0 Å². The molecule has 0 saturated carbocycles. The van der Waals surface area contributed by atoms with Crippen LogP contribution in [0.25, 0.3) is 0 Å². The Morgan fingerprint density at radius 1 is 0.938 bits per heavy atom. The number of benzene rings is 3. The molecule has 4 aliphatic rings. The number of amides is 3. The number of sulfone groups is 1. The van der Waals surface area contributed by atoms with E-state index >= 15 is 4.39 Å². The number of ether oxygens (including phenoxy) is 1. The van der Waals surface area contributed by atoms with E-state index in [1.54, 1.807) is 44.2 Å². The molecule has 18 heteroatoms. The Kier molecular flexibility index (Phi) is 13.2. The number of hydrogen-bond donors (Lipinski definition) is 3. The molecule has 1 unspecified atom stereocenters. The predicted molar refractivity (Wildman–Crippen MR) is 244 cm³/mol. The Hall–Kier alpha value is -5.36. The van der Waals surface area contributed by atoms with Gasteiger partial charge in [-0.3, -0.25) is 29.5 Å². The van der Waals surface area contributed by atoms with E-state index in [9.17, 15) is 22.8 Å². The fourth-order valence-electron chi connectivity index (χ4n) is 9.06. The molecule has 0 radical (unpaired) electrons. The monoisotopic (exact) mass is 915 g/mol. The SMILES string of the molecule is Cc1cc(Nc2ncc(Cl)c(Nc3ccccc3S(=O)(=O)C(C)C)n2)c(OC(C)C)cc1N1CCC(N2CCN(Cc3cc4c(cc3F)C(=O)N(C3CCC(=O)NC3=O)C4)CC2)CC1. The second-order valence-electron chi connectivity index (χ2n) is 17.6. The number of nitrogens with one attached hydrogen (secondary N) is 3. The number of piperazine rings is 1. The minimum Gasteiger partial charge on any atom is -0.489 e. The molecule has 3 amide bonds. The molecule has 15 nitrogen and oxygen atoms in total. The lowest BCUT2D eigenvalue weighted by atomic mass is 10.00. The van der Waals surface area contributed by atoms with Crippen LogP contribution in [0.5, 0.6) is 5.75 Å². The zero-order valence-corrected chi connectivity index (χ0v) is 38.4. The zero-order chi connectivity index (χ0) is 45.4. The van der Waals surface area contributed by atoms with Crippen LogP contribution in [-0.2, 0) is 32.5 Å². The number of aryl methyl sites for hydroxylation is 1. The number of piperidine rings is 2. The van der Waals surface area contributed by atoms with Crippen molar-refractivity contribution in [3.63, 3.8) is 0 Å². The normalized spacial score (nSPS) is 19.1. The molecule has 4 aliphatic heterocycles. The van der Waals surface area contributed by atoms with Crippen LogP contribution in [0.1, 0.15) is 80.4 Å². The lowest BCUT2D eigenvalue weighted by Crippen LogP contribution is -2.53. The van der Waals surface area contributed by atoms with Gasteiger partial charge in [0.25, 0.3) is 5.91 Å². The van der Waals surface area contributed by atoms with E-state index in [1.165, 1.54) is 17.2 Å². The Morgan fingerprint density at radius 2 is 1.67 bits per heavy atom. The van der Waals surface area contributed by atoms with Gasteiger partial charge in [-0.05, 0) is 95.3 Å². The summed E-state index contributed by atoms with van der Waals surface area (Å²) in [5.74, 6) is -0.470. The zero-order valence-electron chi connectivity index (χ0n) is 36.8. The van der Waals surface area contributed by atoms with Gasteiger partial charge in [0.2, 0.25) is 17.8 Å². The van der Waals surface area contributed by atoms with Crippen molar-refractivity contribution in [1.29, 1.82) is 0 Å². The van der Waals surface area contributed by atoms with Gasteiger partial charge in [0.1, 0.15) is 22.6 Å². The maximum atomic E-state index is 15.4. The molecule has 0 bridgehead atoms. The van der Waals surface area contributed by atoms with Crippen LogP contribution in [-0.4, -0.2) is 114 Å². The molecule has 3 aromatic carbocycles.